The van der Waals surface area contributed by atoms with Gasteiger partial charge in [-0.25, -0.2) is 9.59 Å². The highest BCUT2D eigenvalue weighted by atomic mass is 16.5. The van der Waals surface area contributed by atoms with Crippen molar-refractivity contribution in [3.8, 4) is 0 Å². The third-order valence-electron chi connectivity index (χ3n) is 4.38. The van der Waals surface area contributed by atoms with E-state index in [4.69, 9.17) is 9.47 Å². The van der Waals surface area contributed by atoms with Crippen molar-refractivity contribution in [2.45, 2.75) is 34.1 Å². The summed E-state index contributed by atoms with van der Waals surface area (Å²) in [7, 11) is 0. The molecule has 6 nitrogen and oxygen atoms in total. The average Bonchev–Trinajstić information content (AvgIpc) is 2.79. The third-order valence-corrected chi connectivity index (χ3v) is 4.38. The highest BCUT2D eigenvalue weighted by Crippen LogP contribution is 2.34. The molecule has 0 aliphatic carbocycles. The molecule has 2 aromatic carbocycles. The quantitative estimate of drug-likeness (QED) is 0.672. The molecule has 1 aliphatic rings. The normalized spacial score (nSPS) is 12.9. The van der Waals surface area contributed by atoms with Crippen LogP contribution in [0.3, 0.4) is 0 Å². The van der Waals surface area contributed by atoms with E-state index in [2.05, 4.69) is 5.32 Å². The van der Waals surface area contributed by atoms with Gasteiger partial charge in [-0.05, 0) is 38.8 Å². The summed E-state index contributed by atoms with van der Waals surface area (Å²) in [4.78, 5) is 34.8. The van der Waals surface area contributed by atoms with Crippen LogP contribution >= 0.6 is 0 Å². The lowest BCUT2D eigenvalue weighted by molar-refractivity contribution is -0.139. The minimum Gasteiger partial charge on any atom is -0.463 e. The van der Waals surface area contributed by atoms with Gasteiger partial charge in [-0.2, -0.15) is 0 Å². The Morgan fingerprint density at radius 2 is 1.06 bits per heavy atom. The molecule has 0 saturated heterocycles. The van der Waals surface area contributed by atoms with Gasteiger partial charge in [0.05, 0.1) is 35.8 Å². The molecule has 0 radical (unpaired) electrons. The number of carbonyl (C=O) groups is 3. The summed E-state index contributed by atoms with van der Waals surface area (Å²) in [6.45, 7) is 7.09. The Balaban J connectivity index is 0.000000837. The molecule has 32 heavy (non-hydrogen) atoms. The van der Waals surface area contributed by atoms with Gasteiger partial charge in [-0.1, -0.05) is 60.7 Å². The van der Waals surface area contributed by atoms with Crippen molar-refractivity contribution < 1.29 is 23.9 Å². The maximum absolute atomic E-state index is 12.7. The van der Waals surface area contributed by atoms with Crippen molar-refractivity contribution in [1.29, 1.82) is 0 Å². The molecule has 0 aromatic heterocycles. The Hall–Kier alpha value is -3.67. The number of ketones is 1. The molecule has 1 aliphatic heterocycles. The van der Waals surface area contributed by atoms with Crippen LogP contribution in [0.2, 0.25) is 0 Å². The Morgan fingerprint density at radius 1 is 0.719 bits per heavy atom. The van der Waals surface area contributed by atoms with E-state index >= 15 is 0 Å². The van der Waals surface area contributed by atoms with Crippen molar-refractivity contribution >= 4 is 29.1 Å². The lowest BCUT2D eigenvalue weighted by Crippen LogP contribution is -2.27. The first-order valence-corrected chi connectivity index (χ1v) is 10.5. The fraction of sp³-hybridized carbons (Fsp3) is 0.269. The molecule has 0 amide bonds. The fourth-order valence-corrected chi connectivity index (χ4v) is 3.12. The van der Waals surface area contributed by atoms with Crippen LogP contribution in [0.5, 0.6) is 0 Å². The first kappa shape index (κ1) is 24.6. The van der Waals surface area contributed by atoms with E-state index in [1.165, 1.54) is 13.8 Å². The minimum absolute atomic E-state index is 0.138. The smallest absolute Gasteiger partial charge is 0.336 e. The predicted molar refractivity (Wildman–Crippen MR) is 124 cm³/mol. The van der Waals surface area contributed by atoms with Gasteiger partial charge in [0.15, 0.2) is 0 Å². The number of rotatable bonds is 6. The molecular formula is C26H29NO5. The third kappa shape index (κ3) is 6.67. The summed E-state index contributed by atoms with van der Waals surface area (Å²) in [5.74, 6) is -0.717. The molecule has 0 saturated carbocycles. The lowest BCUT2D eigenvalue weighted by Gasteiger charge is -2.26. The number of esters is 2. The van der Waals surface area contributed by atoms with Gasteiger partial charge in [0, 0.05) is 6.42 Å². The fourth-order valence-electron chi connectivity index (χ4n) is 3.12. The zero-order valence-electron chi connectivity index (χ0n) is 18.9. The summed E-state index contributed by atoms with van der Waals surface area (Å²) in [6.07, 6.45) is 0.138. The van der Waals surface area contributed by atoms with Gasteiger partial charge in [-0.15, -0.1) is 0 Å². The number of ether oxygens (including phenoxy) is 2. The van der Waals surface area contributed by atoms with Crippen molar-refractivity contribution in [3.63, 3.8) is 0 Å². The molecule has 1 N–H and O–H groups in total. The van der Waals surface area contributed by atoms with Crippen LogP contribution in [0, 0.1) is 0 Å². The zero-order valence-corrected chi connectivity index (χ0v) is 18.9. The van der Waals surface area contributed by atoms with Crippen LogP contribution in [-0.4, -0.2) is 30.9 Å². The van der Waals surface area contributed by atoms with Crippen molar-refractivity contribution in [3.05, 3.63) is 82.9 Å². The maximum Gasteiger partial charge on any atom is 0.336 e. The minimum atomic E-state index is -0.442. The van der Waals surface area contributed by atoms with Crippen LogP contribution in [0.4, 0.5) is 0 Å². The van der Waals surface area contributed by atoms with Gasteiger partial charge >= 0.3 is 11.9 Å². The molecule has 2 aromatic rings. The Bertz CT molecular complexity index is 928. The number of nitrogens with one attached hydrogen (secondary N) is 1. The van der Waals surface area contributed by atoms with Gasteiger partial charge in [0.2, 0.25) is 0 Å². The van der Waals surface area contributed by atoms with Gasteiger partial charge in [-0.3, -0.25) is 0 Å². The molecule has 6 heteroatoms. The summed E-state index contributed by atoms with van der Waals surface area (Å²) in [5, 5.41) is 3.32. The predicted octanol–water partition coefficient (Wildman–Crippen LogP) is 4.52. The van der Waals surface area contributed by atoms with Crippen LogP contribution < -0.4 is 5.32 Å². The van der Waals surface area contributed by atoms with E-state index in [9.17, 15) is 14.4 Å². The highest BCUT2D eigenvalue weighted by Gasteiger charge is 2.31. The molecule has 0 fully saturated rings. The second-order valence-electron chi connectivity index (χ2n) is 7.09. The first-order chi connectivity index (χ1) is 15.4. The van der Waals surface area contributed by atoms with E-state index in [1.54, 1.807) is 13.8 Å². The second kappa shape index (κ2) is 12.2. The summed E-state index contributed by atoms with van der Waals surface area (Å²) in [5.41, 5.74) is 3.81. The monoisotopic (exact) mass is 435 g/mol. The molecule has 0 unspecified atom stereocenters. The van der Waals surface area contributed by atoms with Gasteiger partial charge in [0.1, 0.15) is 5.78 Å². The number of hydrogen-bond donors (Lipinski definition) is 1. The van der Waals surface area contributed by atoms with Crippen molar-refractivity contribution in [2.24, 2.45) is 0 Å². The second-order valence-corrected chi connectivity index (χ2v) is 7.09. The van der Waals surface area contributed by atoms with Crippen LogP contribution in [0.25, 0.3) is 11.4 Å². The molecule has 3 rings (SSSR count). The Morgan fingerprint density at radius 3 is 1.38 bits per heavy atom. The Labute approximate surface area is 188 Å². The molecule has 1 heterocycles. The zero-order chi connectivity index (χ0) is 23.5. The topological polar surface area (TPSA) is 81.7 Å². The van der Waals surface area contributed by atoms with Gasteiger partial charge < -0.3 is 19.6 Å². The van der Waals surface area contributed by atoms with Crippen molar-refractivity contribution in [2.75, 3.05) is 13.2 Å². The summed E-state index contributed by atoms with van der Waals surface area (Å²) < 4.78 is 10.5. The molecule has 0 bridgehead atoms. The number of benzene rings is 2. The molecule has 168 valence electrons. The lowest BCUT2D eigenvalue weighted by atomic mass is 9.91. The van der Waals surface area contributed by atoms with Crippen molar-refractivity contribution in [1.82, 2.24) is 5.32 Å². The molecule has 0 atom stereocenters. The number of dihydropyridines is 1. The first-order valence-electron chi connectivity index (χ1n) is 10.5. The largest absolute Gasteiger partial charge is 0.463 e. The summed E-state index contributed by atoms with van der Waals surface area (Å²) in [6, 6.07) is 19.1. The van der Waals surface area contributed by atoms with E-state index in [1.807, 2.05) is 60.7 Å². The average molecular weight is 436 g/mol. The SMILES string of the molecule is CC(C)=O.CCOC(=O)C1=C(c2ccccc2)NC(c2ccccc2)=C(C(=O)OCC)C1. The molecular weight excluding hydrogens is 406 g/mol. The van der Waals surface area contributed by atoms with E-state index in [0.29, 0.717) is 22.5 Å². The Kier molecular flexibility index (Phi) is 9.42. The van der Waals surface area contributed by atoms with Crippen LogP contribution in [-0.2, 0) is 23.9 Å². The maximum atomic E-state index is 12.7. The number of carbonyl (C=O) groups excluding carboxylic acids is 3. The van der Waals surface area contributed by atoms with E-state index in [0.717, 1.165) is 11.1 Å². The summed E-state index contributed by atoms with van der Waals surface area (Å²) >= 11 is 0. The standard InChI is InChI=1S/C23H23NO4.C3H6O/c1-3-27-22(25)18-15-19(23(26)28-4-2)21(17-13-9-6-10-14-17)24-20(18)16-11-7-5-8-12-16;1-3(2)4/h5-14,24H,3-4,15H2,1-2H3;1-2H3. The number of Topliss-reactive ketones (excluding diaryl/α,β-unsaturated/α-hetero) is 1. The van der Waals surface area contributed by atoms with Crippen LogP contribution in [0.1, 0.15) is 45.2 Å². The molecule has 0 spiro atoms. The van der Waals surface area contributed by atoms with E-state index < -0.39 is 11.9 Å². The number of hydrogen-bond acceptors (Lipinski definition) is 6. The highest BCUT2D eigenvalue weighted by molar-refractivity contribution is 6.07. The van der Waals surface area contributed by atoms with Gasteiger partial charge in [0.25, 0.3) is 0 Å². The van der Waals surface area contributed by atoms with E-state index in [-0.39, 0.29) is 25.4 Å². The van der Waals surface area contributed by atoms with Crippen LogP contribution in [0.15, 0.2) is 71.8 Å².